The minimum atomic E-state index is -1.91. The van der Waals surface area contributed by atoms with E-state index < -0.39 is 23.8 Å². The van der Waals surface area contributed by atoms with E-state index in [4.69, 9.17) is 0 Å². The van der Waals surface area contributed by atoms with Crippen molar-refractivity contribution in [2.24, 2.45) is 0 Å². The average molecular weight is 243 g/mol. The van der Waals surface area contributed by atoms with Gasteiger partial charge in [-0.15, -0.1) is 0 Å². The molecule has 0 aliphatic rings. The Hall–Kier alpha value is -1.20. The van der Waals surface area contributed by atoms with Crippen molar-refractivity contribution in [2.75, 3.05) is 27.7 Å². The largest absolute Gasteiger partial charge is 0.550 e. The highest BCUT2D eigenvalue weighted by molar-refractivity contribution is 5.99. The van der Waals surface area contributed by atoms with Crippen molar-refractivity contribution in [3.63, 3.8) is 0 Å². The normalized spacial score (nSPS) is 14.9. The van der Waals surface area contributed by atoms with Crippen LogP contribution in [0.4, 0.5) is 0 Å². The van der Waals surface area contributed by atoms with Crippen molar-refractivity contribution in [1.82, 2.24) is 0 Å². The summed E-state index contributed by atoms with van der Waals surface area (Å²) >= 11 is 0. The lowest BCUT2D eigenvalue weighted by molar-refractivity contribution is -0.875. The van der Waals surface area contributed by atoms with Gasteiger partial charge in [0.1, 0.15) is 6.54 Å². The van der Waals surface area contributed by atoms with Gasteiger partial charge in [-0.3, -0.25) is 4.79 Å². The number of quaternary nitrogens is 1. The second kappa shape index (κ2) is 5.42. The molecule has 0 aliphatic carbocycles. The molecule has 0 rings (SSSR count). The summed E-state index contributed by atoms with van der Waals surface area (Å²) in [5, 5.41) is 20.8. The molecule has 0 heterocycles. The first-order chi connectivity index (χ1) is 7.46. The molecule has 1 atom stereocenters. The Kier molecular flexibility index (Phi) is 5.04. The second-order valence-corrected chi connectivity index (χ2v) is 5.61. The average Bonchev–Trinajstić information content (AvgIpc) is 1.96. The van der Waals surface area contributed by atoms with E-state index in [1.54, 1.807) is 35.0 Å². The SMILES string of the molecule is CC(C)=CC(=O)C(O)(CC(=O)[O-])C[N+](C)(C)C. The third-order valence-corrected chi connectivity index (χ3v) is 2.05. The molecule has 1 N–H and O–H groups in total. The van der Waals surface area contributed by atoms with Gasteiger partial charge in [0, 0.05) is 12.4 Å². The van der Waals surface area contributed by atoms with Gasteiger partial charge >= 0.3 is 0 Å². The van der Waals surface area contributed by atoms with Crippen LogP contribution in [0, 0.1) is 0 Å². The molecule has 0 aromatic heterocycles. The molecule has 0 bridgehead atoms. The van der Waals surface area contributed by atoms with Gasteiger partial charge in [-0.2, -0.15) is 0 Å². The summed E-state index contributed by atoms with van der Waals surface area (Å²) in [5.74, 6) is -2.02. The highest BCUT2D eigenvalue weighted by Gasteiger charge is 2.39. The van der Waals surface area contributed by atoms with Crippen LogP contribution < -0.4 is 5.11 Å². The van der Waals surface area contributed by atoms with Gasteiger partial charge in [0.25, 0.3) is 0 Å². The molecule has 0 saturated heterocycles. The smallest absolute Gasteiger partial charge is 0.193 e. The molecule has 0 saturated carbocycles. The summed E-state index contributed by atoms with van der Waals surface area (Å²) < 4.78 is 0.284. The molecule has 0 fully saturated rings. The quantitative estimate of drug-likeness (QED) is 0.484. The molecule has 1 unspecified atom stereocenters. The first kappa shape index (κ1) is 15.8. The van der Waals surface area contributed by atoms with Gasteiger partial charge in [0.05, 0.1) is 21.1 Å². The number of carboxylic acid groups (broad SMARTS) is 1. The van der Waals surface area contributed by atoms with Crippen LogP contribution >= 0.6 is 0 Å². The van der Waals surface area contributed by atoms with E-state index in [-0.39, 0.29) is 11.0 Å². The zero-order valence-electron chi connectivity index (χ0n) is 11.1. The standard InChI is InChI=1S/C12H21NO4/c1-9(2)6-10(14)12(17,7-11(15)16)8-13(3,4)5/h6,17H,7-8H2,1-5H3. The Labute approximate surface area is 102 Å². The van der Waals surface area contributed by atoms with Crippen LogP contribution in [0.15, 0.2) is 11.6 Å². The molecule has 0 aliphatic heterocycles. The number of hydrogen-bond acceptors (Lipinski definition) is 4. The summed E-state index contributed by atoms with van der Waals surface area (Å²) in [6.07, 6.45) is 0.573. The molecule has 0 amide bonds. The zero-order valence-corrected chi connectivity index (χ0v) is 11.1. The van der Waals surface area contributed by atoms with Gasteiger partial charge in [-0.25, -0.2) is 0 Å². The number of nitrogens with zero attached hydrogens (tertiary/aromatic N) is 1. The zero-order chi connectivity index (χ0) is 13.9. The second-order valence-electron chi connectivity index (χ2n) is 5.61. The molecule has 5 nitrogen and oxygen atoms in total. The number of carbonyl (C=O) groups excluding carboxylic acids is 2. The Morgan fingerprint density at radius 2 is 1.76 bits per heavy atom. The van der Waals surface area contributed by atoms with E-state index in [2.05, 4.69) is 0 Å². The third-order valence-electron chi connectivity index (χ3n) is 2.05. The minimum absolute atomic E-state index is 0.0175. The van der Waals surface area contributed by atoms with Gasteiger partial charge in [0.15, 0.2) is 11.4 Å². The molecule has 0 aromatic carbocycles. The molecule has 0 spiro atoms. The summed E-state index contributed by atoms with van der Waals surface area (Å²) in [6, 6.07) is 0. The van der Waals surface area contributed by atoms with E-state index in [0.717, 1.165) is 0 Å². The number of hydrogen-bond donors (Lipinski definition) is 1. The first-order valence-electron chi connectivity index (χ1n) is 5.38. The predicted octanol–water partition coefficient (Wildman–Crippen LogP) is -0.901. The van der Waals surface area contributed by atoms with Crippen LogP contribution in [0.3, 0.4) is 0 Å². The maximum Gasteiger partial charge on any atom is 0.193 e. The van der Waals surface area contributed by atoms with E-state index in [9.17, 15) is 19.8 Å². The highest BCUT2D eigenvalue weighted by atomic mass is 16.4. The van der Waals surface area contributed by atoms with Crippen molar-refractivity contribution >= 4 is 11.8 Å². The van der Waals surface area contributed by atoms with Crippen LogP contribution in [0.2, 0.25) is 0 Å². The Morgan fingerprint density at radius 1 is 1.29 bits per heavy atom. The molecule has 17 heavy (non-hydrogen) atoms. The molecular weight excluding hydrogens is 222 g/mol. The van der Waals surface area contributed by atoms with Crippen LogP contribution in [0.25, 0.3) is 0 Å². The fourth-order valence-corrected chi connectivity index (χ4v) is 1.64. The number of carbonyl (C=O) groups is 2. The lowest BCUT2D eigenvalue weighted by atomic mass is 9.92. The topological polar surface area (TPSA) is 77.4 Å². The van der Waals surface area contributed by atoms with Crippen LogP contribution in [0.5, 0.6) is 0 Å². The monoisotopic (exact) mass is 243 g/mol. The summed E-state index contributed by atoms with van der Waals surface area (Å²) in [7, 11) is 5.32. The predicted molar refractivity (Wildman–Crippen MR) is 61.9 cm³/mol. The summed E-state index contributed by atoms with van der Waals surface area (Å²) in [4.78, 5) is 22.5. The lowest BCUT2D eigenvalue weighted by Gasteiger charge is -2.34. The number of likely N-dealkylation sites (N-methyl/N-ethyl adjacent to an activating group) is 1. The maximum atomic E-state index is 11.9. The summed E-state index contributed by atoms with van der Waals surface area (Å²) in [5.41, 5.74) is -1.19. The molecule has 98 valence electrons. The number of allylic oxidation sites excluding steroid dienone is 1. The van der Waals surface area contributed by atoms with Crippen molar-refractivity contribution in [3.8, 4) is 0 Å². The van der Waals surface area contributed by atoms with Crippen molar-refractivity contribution in [1.29, 1.82) is 0 Å². The molecule has 0 aromatic rings. The van der Waals surface area contributed by atoms with Gasteiger partial charge in [-0.05, 0) is 19.9 Å². The minimum Gasteiger partial charge on any atom is -0.550 e. The van der Waals surface area contributed by atoms with Crippen LogP contribution in [0.1, 0.15) is 20.3 Å². The number of rotatable bonds is 6. The molecule has 0 radical (unpaired) electrons. The third kappa shape index (κ3) is 6.19. The lowest BCUT2D eigenvalue weighted by Crippen LogP contribution is -2.55. The highest BCUT2D eigenvalue weighted by Crippen LogP contribution is 2.17. The van der Waals surface area contributed by atoms with Crippen LogP contribution in [-0.2, 0) is 9.59 Å². The van der Waals surface area contributed by atoms with Crippen molar-refractivity contribution in [3.05, 3.63) is 11.6 Å². The van der Waals surface area contributed by atoms with Crippen LogP contribution in [-0.4, -0.2) is 54.6 Å². The fraction of sp³-hybridized carbons (Fsp3) is 0.667. The Bertz CT molecular complexity index is 337. The van der Waals surface area contributed by atoms with Gasteiger partial charge < -0.3 is 19.5 Å². The number of aliphatic carboxylic acids is 1. The fourth-order valence-electron chi connectivity index (χ4n) is 1.64. The Morgan fingerprint density at radius 3 is 2.06 bits per heavy atom. The first-order valence-corrected chi connectivity index (χ1v) is 5.38. The van der Waals surface area contributed by atoms with Gasteiger partial charge in [-0.1, -0.05) is 5.57 Å². The number of aliphatic hydroxyl groups is 1. The molecule has 5 heteroatoms. The maximum absolute atomic E-state index is 11.9. The summed E-state index contributed by atoms with van der Waals surface area (Å²) in [6.45, 7) is 3.44. The van der Waals surface area contributed by atoms with Crippen molar-refractivity contribution in [2.45, 2.75) is 25.9 Å². The van der Waals surface area contributed by atoms with E-state index >= 15 is 0 Å². The van der Waals surface area contributed by atoms with Crippen molar-refractivity contribution < 1.29 is 24.3 Å². The molecular formula is C12H21NO4. The van der Waals surface area contributed by atoms with E-state index in [1.807, 2.05) is 0 Å². The van der Waals surface area contributed by atoms with Gasteiger partial charge in [0.2, 0.25) is 0 Å². The van der Waals surface area contributed by atoms with E-state index in [1.165, 1.54) is 6.08 Å². The van der Waals surface area contributed by atoms with E-state index in [0.29, 0.717) is 5.57 Å². The Balaban J connectivity index is 5.17. The number of carboxylic acids is 1. The number of ketones is 1.